The van der Waals surface area contributed by atoms with E-state index in [4.69, 9.17) is 0 Å². The van der Waals surface area contributed by atoms with E-state index in [-0.39, 0.29) is 0 Å². The molecule has 0 aliphatic rings. The van der Waals surface area contributed by atoms with Crippen molar-refractivity contribution < 1.29 is 0 Å². The SMILES string of the molecule is CC#CCN(C)Cc1cnc(-c2cncnc2)nc1. The molecule has 5 heteroatoms. The van der Waals surface area contributed by atoms with Gasteiger partial charge >= 0.3 is 0 Å². The fourth-order valence-electron chi connectivity index (χ4n) is 1.58. The largest absolute Gasteiger partial charge is 0.291 e. The Hall–Kier alpha value is -2.32. The van der Waals surface area contributed by atoms with Crippen molar-refractivity contribution in [1.82, 2.24) is 24.8 Å². The molecule has 2 aromatic heterocycles. The molecule has 0 fully saturated rings. The first kappa shape index (κ1) is 13.1. The summed E-state index contributed by atoms with van der Waals surface area (Å²) in [6, 6.07) is 0. The Labute approximate surface area is 112 Å². The molecule has 19 heavy (non-hydrogen) atoms. The van der Waals surface area contributed by atoms with Gasteiger partial charge in [-0.3, -0.25) is 4.90 Å². The van der Waals surface area contributed by atoms with Crippen molar-refractivity contribution in [3.63, 3.8) is 0 Å². The number of aromatic nitrogens is 4. The van der Waals surface area contributed by atoms with Crippen molar-refractivity contribution in [2.75, 3.05) is 13.6 Å². The van der Waals surface area contributed by atoms with E-state index in [0.717, 1.165) is 24.2 Å². The summed E-state index contributed by atoms with van der Waals surface area (Å²) in [6.07, 6.45) is 8.54. The molecule has 0 spiro atoms. The quantitative estimate of drug-likeness (QED) is 0.771. The first-order valence-electron chi connectivity index (χ1n) is 5.94. The molecular formula is C14H15N5. The third kappa shape index (κ3) is 3.83. The summed E-state index contributed by atoms with van der Waals surface area (Å²) in [5.41, 5.74) is 1.88. The Morgan fingerprint density at radius 1 is 1.11 bits per heavy atom. The van der Waals surface area contributed by atoms with E-state index in [1.165, 1.54) is 6.33 Å². The molecule has 0 N–H and O–H groups in total. The third-order valence-corrected chi connectivity index (χ3v) is 2.50. The van der Waals surface area contributed by atoms with Gasteiger partial charge in [0.05, 0.1) is 12.1 Å². The summed E-state index contributed by atoms with van der Waals surface area (Å²) in [5.74, 6) is 6.54. The van der Waals surface area contributed by atoms with E-state index in [2.05, 4.69) is 36.7 Å². The maximum absolute atomic E-state index is 4.33. The molecule has 2 rings (SSSR count). The molecule has 0 unspecified atom stereocenters. The molecule has 0 aliphatic heterocycles. The van der Waals surface area contributed by atoms with Gasteiger partial charge in [0.2, 0.25) is 0 Å². The van der Waals surface area contributed by atoms with Crippen LogP contribution in [0.3, 0.4) is 0 Å². The number of nitrogens with zero attached hydrogens (tertiary/aromatic N) is 5. The minimum absolute atomic E-state index is 0.639. The fraction of sp³-hybridized carbons (Fsp3) is 0.286. The van der Waals surface area contributed by atoms with Crippen LogP contribution >= 0.6 is 0 Å². The highest BCUT2D eigenvalue weighted by atomic mass is 15.1. The Bertz CT molecular complexity index is 568. The van der Waals surface area contributed by atoms with Crippen molar-refractivity contribution >= 4 is 0 Å². The molecule has 0 amide bonds. The molecule has 0 saturated carbocycles. The Morgan fingerprint density at radius 3 is 2.42 bits per heavy atom. The van der Waals surface area contributed by atoms with Crippen LogP contribution in [0, 0.1) is 11.8 Å². The van der Waals surface area contributed by atoms with Crippen molar-refractivity contribution in [3.8, 4) is 23.2 Å². The summed E-state index contributed by atoms with van der Waals surface area (Å²) in [7, 11) is 2.02. The van der Waals surface area contributed by atoms with Crippen LogP contribution in [-0.4, -0.2) is 38.4 Å². The minimum atomic E-state index is 0.639. The maximum atomic E-state index is 4.33. The lowest BCUT2D eigenvalue weighted by molar-refractivity contribution is 0.368. The second kappa shape index (κ2) is 6.57. The van der Waals surface area contributed by atoms with Gasteiger partial charge in [-0.05, 0) is 14.0 Å². The van der Waals surface area contributed by atoms with Crippen molar-refractivity contribution in [3.05, 3.63) is 36.7 Å². The van der Waals surface area contributed by atoms with E-state index < -0.39 is 0 Å². The van der Waals surface area contributed by atoms with Gasteiger partial charge in [0.15, 0.2) is 5.82 Å². The predicted octanol–water partition coefficient (Wildman–Crippen LogP) is 1.39. The lowest BCUT2D eigenvalue weighted by Gasteiger charge is -2.12. The number of hydrogen-bond donors (Lipinski definition) is 0. The zero-order valence-electron chi connectivity index (χ0n) is 11.0. The van der Waals surface area contributed by atoms with Crippen LogP contribution in [0.15, 0.2) is 31.1 Å². The molecule has 0 aliphatic carbocycles. The molecular weight excluding hydrogens is 238 g/mol. The first-order valence-corrected chi connectivity index (χ1v) is 5.94. The fourth-order valence-corrected chi connectivity index (χ4v) is 1.58. The zero-order valence-corrected chi connectivity index (χ0v) is 11.0. The van der Waals surface area contributed by atoms with Gasteiger partial charge in [-0.2, -0.15) is 0 Å². The highest BCUT2D eigenvalue weighted by Crippen LogP contribution is 2.11. The number of hydrogen-bond acceptors (Lipinski definition) is 5. The van der Waals surface area contributed by atoms with Crippen LogP contribution in [0.4, 0.5) is 0 Å². The van der Waals surface area contributed by atoms with E-state index >= 15 is 0 Å². The highest BCUT2D eigenvalue weighted by Gasteiger charge is 2.03. The summed E-state index contributed by atoms with van der Waals surface area (Å²) in [5, 5.41) is 0. The average Bonchev–Trinajstić information content (AvgIpc) is 2.47. The van der Waals surface area contributed by atoms with Gasteiger partial charge in [0.1, 0.15) is 6.33 Å². The monoisotopic (exact) mass is 253 g/mol. The topological polar surface area (TPSA) is 54.8 Å². The second-order valence-corrected chi connectivity index (χ2v) is 4.14. The summed E-state index contributed by atoms with van der Waals surface area (Å²) < 4.78 is 0. The van der Waals surface area contributed by atoms with Gasteiger partial charge in [-0.1, -0.05) is 5.92 Å². The van der Waals surface area contributed by atoms with Crippen LogP contribution < -0.4 is 0 Å². The molecule has 2 aromatic rings. The molecule has 0 atom stereocenters. The molecule has 0 radical (unpaired) electrons. The van der Waals surface area contributed by atoms with Gasteiger partial charge in [0.25, 0.3) is 0 Å². The van der Waals surface area contributed by atoms with Crippen LogP contribution in [0.5, 0.6) is 0 Å². The lowest BCUT2D eigenvalue weighted by atomic mass is 10.3. The highest BCUT2D eigenvalue weighted by molar-refractivity contribution is 5.50. The van der Waals surface area contributed by atoms with Crippen molar-refractivity contribution in [1.29, 1.82) is 0 Å². The molecule has 5 nitrogen and oxygen atoms in total. The lowest BCUT2D eigenvalue weighted by Crippen LogP contribution is -2.18. The van der Waals surface area contributed by atoms with Gasteiger partial charge in [-0.25, -0.2) is 19.9 Å². The zero-order chi connectivity index (χ0) is 13.5. The van der Waals surface area contributed by atoms with Crippen LogP contribution in [0.2, 0.25) is 0 Å². The average molecular weight is 253 g/mol. The van der Waals surface area contributed by atoms with E-state index in [1.54, 1.807) is 12.4 Å². The minimum Gasteiger partial charge on any atom is -0.291 e. The Balaban J connectivity index is 2.04. The Morgan fingerprint density at radius 2 is 1.79 bits per heavy atom. The molecule has 2 heterocycles. The van der Waals surface area contributed by atoms with E-state index in [0.29, 0.717) is 5.82 Å². The smallest absolute Gasteiger partial charge is 0.162 e. The molecule has 0 bridgehead atoms. The van der Waals surface area contributed by atoms with Crippen LogP contribution in [0.25, 0.3) is 11.4 Å². The van der Waals surface area contributed by atoms with E-state index in [9.17, 15) is 0 Å². The van der Waals surface area contributed by atoms with Gasteiger partial charge in [-0.15, -0.1) is 5.92 Å². The molecule has 0 aromatic carbocycles. The summed E-state index contributed by atoms with van der Waals surface area (Å²) in [4.78, 5) is 18.7. The summed E-state index contributed by atoms with van der Waals surface area (Å²) >= 11 is 0. The van der Waals surface area contributed by atoms with E-state index in [1.807, 2.05) is 26.4 Å². The van der Waals surface area contributed by atoms with Gasteiger partial charge < -0.3 is 0 Å². The molecule has 0 saturated heterocycles. The standard InChI is InChI=1S/C14H15N5/c1-3-4-5-19(2)10-12-6-17-14(18-7-12)13-8-15-11-16-9-13/h6-9,11H,5,10H2,1-2H3. The number of rotatable bonds is 4. The molecule has 96 valence electrons. The van der Waals surface area contributed by atoms with Gasteiger partial charge in [0, 0.05) is 36.9 Å². The predicted molar refractivity (Wildman–Crippen MR) is 72.8 cm³/mol. The van der Waals surface area contributed by atoms with Crippen molar-refractivity contribution in [2.45, 2.75) is 13.5 Å². The van der Waals surface area contributed by atoms with Crippen LogP contribution in [0.1, 0.15) is 12.5 Å². The third-order valence-electron chi connectivity index (χ3n) is 2.50. The Kier molecular flexibility index (Phi) is 4.54. The van der Waals surface area contributed by atoms with Crippen LogP contribution in [-0.2, 0) is 6.54 Å². The van der Waals surface area contributed by atoms with Crippen molar-refractivity contribution in [2.24, 2.45) is 0 Å². The normalized spacial score (nSPS) is 10.1. The second-order valence-electron chi connectivity index (χ2n) is 4.14. The maximum Gasteiger partial charge on any atom is 0.162 e. The first-order chi connectivity index (χ1) is 9.29. The summed E-state index contributed by atoms with van der Waals surface area (Å²) in [6.45, 7) is 3.36.